The molecule has 1 aliphatic heterocycles. The average molecular weight is 579 g/mol. The number of nitrogens with zero attached hydrogens (tertiary/aromatic N) is 2. The molecule has 1 fully saturated rings. The quantitative estimate of drug-likeness (QED) is 0.261. The van der Waals surface area contributed by atoms with E-state index in [1.807, 2.05) is 56.3 Å². The Morgan fingerprint density at radius 2 is 1.93 bits per heavy atom. The van der Waals surface area contributed by atoms with Crippen molar-refractivity contribution < 1.29 is 38.0 Å². The molecule has 4 rings (SSSR count). The molecule has 224 valence electrons. The number of benzene rings is 2. The Labute approximate surface area is 246 Å². The van der Waals surface area contributed by atoms with Crippen molar-refractivity contribution in [3.63, 3.8) is 0 Å². The van der Waals surface area contributed by atoms with Gasteiger partial charge in [-0.05, 0) is 69.0 Å². The first-order chi connectivity index (χ1) is 20.2. The number of hydrogen-bond acceptors (Lipinski definition) is 10. The predicted molar refractivity (Wildman–Crippen MR) is 154 cm³/mol. The summed E-state index contributed by atoms with van der Waals surface area (Å²) in [5.41, 5.74) is 3.15. The van der Waals surface area contributed by atoms with E-state index in [9.17, 15) is 9.59 Å². The van der Waals surface area contributed by atoms with Crippen molar-refractivity contribution in [3.05, 3.63) is 71.5 Å². The van der Waals surface area contributed by atoms with Crippen LogP contribution in [-0.2, 0) is 48.0 Å². The van der Waals surface area contributed by atoms with Crippen LogP contribution in [-0.4, -0.2) is 60.2 Å². The minimum absolute atomic E-state index is 0.0112. The van der Waals surface area contributed by atoms with Crippen LogP contribution in [0.5, 0.6) is 11.5 Å². The summed E-state index contributed by atoms with van der Waals surface area (Å²) >= 11 is 0. The second-order valence-corrected chi connectivity index (χ2v) is 10.3. The molecule has 2 atom stereocenters. The van der Waals surface area contributed by atoms with E-state index in [2.05, 4.69) is 9.97 Å². The molecule has 10 nitrogen and oxygen atoms in total. The molecular formula is C32H38N2O8. The van der Waals surface area contributed by atoms with E-state index in [-0.39, 0.29) is 25.7 Å². The van der Waals surface area contributed by atoms with Gasteiger partial charge in [0.25, 0.3) is 0 Å². The number of ether oxygens (including phenoxy) is 6. The van der Waals surface area contributed by atoms with Gasteiger partial charge in [-0.25, -0.2) is 14.8 Å². The highest BCUT2D eigenvalue weighted by Gasteiger charge is 2.32. The Hall–Kier alpha value is -4.02. The van der Waals surface area contributed by atoms with Gasteiger partial charge in [-0.1, -0.05) is 24.3 Å². The monoisotopic (exact) mass is 578 g/mol. The summed E-state index contributed by atoms with van der Waals surface area (Å²) in [5.74, 6) is -0.0433. The Morgan fingerprint density at radius 3 is 2.64 bits per heavy atom. The third-order valence-electron chi connectivity index (χ3n) is 6.65. The Morgan fingerprint density at radius 1 is 1.12 bits per heavy atom. The molecule has 1 saturated heterocycles. The fourth-order valence-electron chi connectivity index (χ4n) is 4.72. The highest BCUT2D eigenvalue weighted by atomic mass is 16.7. The molecular weight excluding hydrogens is 540 g/mol. The van der Waals surface area contributed by atoms with Crippen LogP contribution in [0.2, 0.25) is 0 Å². The van der Waals surface area contributed by atoms with Crippen molar-refractivity contribution in [1.29, 1.82) is 0 Å². The van der Waals surface area contributed by atoms with E-state index in [0.717, 1.165) is 24.0 Å². The lowest BCUT2D eigenvalue weighted by Crippen LogP contribution is -2.30. The molecule has 0 radical (unpaired) electrons. The third-order valence-corrected chi connectivity index (χ3v) is 6.65. The van der Waals surface area contributed by atoms with Gasteiger partial charge in [0.1, 0.15) is 18.1 Å². The smallest absolute Gasteiger partial charge is 0.347 e. The molecule has 0 saturated carbocycles. The van der Waals surface area contributed by atoms with Crippen molar-refractivity contribution in [3.8, 4) is 22.9 Å². The van der Waals surface area contributed by atoms with E-state index in [4.69, 9.17) is 28.4 Å². The van der Waals surface area contributed by atoms with Crippen molar-refractivity contribution in [2.45, 2.75) is 71.6 Å². The second-order valence-electron chi connectivity index (χ2n) is 10.3. The maximum atomic E-state index is 12.6. The summed E-state index contributed by atoms with van der Waals surface area (Å²) in [7, 11) is 1.60. The standard InChI is InChI=1S/C32H38N2O8/c1-6-38-31(36)29(41-21(2)35)18-23-17-22(11-13-25-20-40-32(3,4)42-25)12-14-27(23)39-19-24-15-16-33-30(34-24)26-9-7-8-10-28(26)37-5/h7-10,12,14-17,25,29H,6,11,13,18-20H2,1-5H3/t25?,29-/m1/s1. The van der Waals surface area contributed by atoms with Crippen molar-refractivity contribution in [1.82, 2.24) is 9.97 Å². The van der Waals surface area contributed by atoms with Crippen LogP contribution in [0.3, 0.4) is 0 Å². The topological polar surface area (TPSA) is 115 Å². The molecule has 0 N–H and O–H groups in total. The van der Waals surface area contributed by atoms with Crippen LogP contribution in [0.1, 0.15) is 50.9 Å². The molecule has 1 aromatic heterocycles. The largest absolute Gasteiger partial charge is 0.496 e. The van der Waals surface area contributed by atoms with Crippen LogP contribution in [0.4, 0.5) is 0 Å². The molecule has 0 bridgehead atoms. The van der Waals surface area contributed by atoms with Gasteiger partial charge < -0.3 is 28.4 Å². The summed E-state index contributed by atoms with van der Waals surface area (Å²) in [6.07, 6.45) is 2.13. The first kappa shape index (κ1) is 30.9. The first-order valence-corrected chi connectivity index (χ1v) is 14.0. The molecule has 2 aromatic carbocycles. The summed E-state index contributed by atoms with van der Waals surface area (Å²) in [4.78, 5) is 33.5. The van der Waals surface area contributed by atoms with Gasteiger partial charge in [-0.15, -0.1) is 0 Å². The molecule has 0 spiro atoms. The number of carbonyl (C=O) groups is 2. The molecule has 0 amide bonds. The lowest BCUT2D eigenvalue weighted by atomic mass is 10.00. The molecule has 1 unspecified atom stereocenters. The highest BCUT2D eigenvalue weighted by Crippen LogP contribution is 2.29. The number of aromatic nitrogens is 2. The van der Waals surface area contributed by atoms with Gasteiger partial charge in [-0.2, -0.15) is 0 Å². The Balaban J connectivity index is 1.55. The Kier molecular flexibility index (Phi) is 10.5. The minimum atomic E-state index is -1.11. The zero-order valence-electron chi connectivity index (χ0n) is 24.8. The molecule has 42 heavy (non-hydrogen) atoms. The maximum Gasteiger partial charge on any atom is 0.347 e. The van der Waals surface area contributed by atoms with Crippen LogP contribution >= 0.6 is 0 Å². The van der Waals surface area contributed by atoms with Crippen LogP contribution in [0.15, 0.2) is 54.7 Å². The van der Waals surface area contributed by atoms with Crippen molar-refractivity contribution in [2.75, 3.05) is 20.3 Å². The number of para-hydroxylation sites is 1. The highest BCUT2D eigenvalue weighted by molar-refractivity contribution is 5.79. The number of esters is 2. The van der Waals surface area contributed by atoms with E-state index in [0.29, 0.717) is 35.2 Å². The van der Waals surface area contributed by atoms with E-state index in [1.54, 1.807) is 26.3 Å². The predicted octanol–water partition coefficient (Wildman–Crippen LogP) is 4.85. The fourth-order valence-corrected chi connectivity index (χ4v) is 4.72. The first-order valence-electron chi connectivity index (χ1n) is 14.0. The molecule has 1 aliphatic rings. The van der Waals surface area contributed by atoms with E-state index in [1.165, 1.54) is 6.92 Å². The van der Waals surface area contributed by atoms with E-state index < -0.39 is 23.8 Å². The zero-order chi connectivity index (χ0) is 30.1. The van der Waals surface area contributed by atoms with Crippen LogP contribution < -0.4 is 9.47 Å². The van der Waals surface area contributed by atoms with Gasteiger partial charge in [0.05, 0.1) is 37.7 Å². The van der Waals surface area contributed by atoms with Crippen LogP contribution in [0.25, 0.3) is 11.4 Å². The summed E-state index contributed by atoms with van der Waals surface area (Å²) in [6.45, 7) is 7.62. The number of carbonyl (C=O) groups excluding carboxylic acids is 2. The lowest BCUT2D eigenvalue weighted by Gasteiger charge is -2.19. The lowest BCUT2D eigenvalue weighted by molar-refractivity contribution is -0.166. The van der Waals surface area contributed by atoms with Gasteiger partial charge in [0.15, 0.2) is 11.6 Å². The maximum absolute atomic E-state index is 12.6. The molecule has 3 aromatic rings. The fraction of sp³-hybridized carbons (Fsp3) is 0.438. The second kappa shape index (κ2) is 14.2. The molecule has 0 aliphatic carbocycles. The van der Waals surface area contributed by atoms with Gasteiger partial charge in [0.2, 0.25) is 6.10 Å². The number of rotatable bonds is 13. The minimum Gasteiger partial charge on any atom is -0.496 e. The number of aryl methyl sites for hydroxylation is 1. The normalized spacial score (nSPS) is 16.5. The number of hydrogen-bond donors (Lipinski definition) is 0. The van der Waals surface area contributed by atoms with Crippen LogP contribution in [0, 0.1) is 0 Å². The van der Waals surface area contributed by atoms with Crippen molar-refractivity contribution in [2.24, 2.45) is 0 Å². The molecule has 2 heterocycles. The zero-order valence-corrected chi connectivity index (χ0v) is 24.8. The summed E-state index contributed by atoms with van der Waals surface area (Å²) in [6, 6.07) is 15.1. The average Bonchev–Trinajstić information content (AvgIpc) is 3.33. The number of methoxy groups -OCH3 is 1. The SMILES string of the molecule is CCOC(=O)[C@@H](Cc1cc(CCC2COC(C)(C)O2)ccc1OCc1ccnc(-c2ccccc2OC)n1)OC(C)=O. The van der Waals surface area contributed by atoms with E-state index >= 15 is 0 Å². The third kappa shape index (κ3) is 8.50. The van der Waals surface area contributed by atoms with Crippen molar-refractivity contribution >= 4 is 11.9 Å². The van der Waals surface area contributed by atoms with Gasteiger partial charge >= 0.3 is 11.9 Å². The Bertz CT molecular complexity index is 1380. The van der Waals surface area contributed by atoms with Gasteiger partial charge in [-0.3, -0.25) is 4.79 Å². The summed E-state index contributed by atoms with van der Waals surface area (Å²) in [5, 5.41) is 0. The molecule has 10 heteroatoms. The summed E-state index contributed by atoms with van der Waals surface area (Å²) < 4.78 is 33.8. The van der Waals surface area contributed by atoms with Gasteiger partial charge in [0, 0.05) is 19.5 Å².